The minimum absolute atomic E-state index is 0.245. The van der Waals surface area contributed by atoms with E-state index in [1.807, 2.05) is 0 Å². The second-order valence-corrected chi connectivity index (χ2v) is 4.92. The lowest BCUT2D eigenvalue weighted by Gasteiger charge is -2.07. The molecule has 0 aliphatic heterocycles. The van der Waals surface area contributed by atoms with Crippen molar-refractivity contribution in [2.45, 2.75) is 0 Å². The number of nitro benzene ring substituents is 1. The molecule has 8 heteroatoms. The predicted molar refractivity (Wildman–Crippen MR) is 74.1 cm³/mol. The molecule has 0 aliphatic carbocycles. The highest BCUT2D eigenvalue weighted by atomic mass is 79.9. The van der Waals surface area contributed by atoms with E-state index in [9.17, 15) is 19.3 Å². The predicted octanol–water partition coefficient (Wildman–Crippen LogP) is 3.09. The van der Waals surface area contributed by atoms with E-state index < -0.39 is 28.0 Å². The number of rotatable bonds is 3. The molecule has 1 amide bonds. The third-order valence-electron chi connectivity index (χ3n) is 2.63. The van der Waals surface area contributed by atoms with Crippen LogP contribution < -0.4 is 5.32 Å². The van der Waals surface area contributed by atoms with Crippen molar-refractivity contribution in [2.24, 2.45) is 7.05 Å². The quantitative estimate of drug-likeness (QED) is 0.688. The zero-order valence-electron chi connectivity index (χ0n) is 10.3. The number of benzene rings is 1. The summed E-state index contributed by atoms with van der Waals surface area (Å²) >= 11 is 3.21. The molecule has 104 valence electrons. The summed E-state index contributed by atoms with van der Waals surface area (Å²) in [6, 6.07) is 4.91. The number of aromatic nitrogens is 1. The van der Waals surface area contributed by atoms with E-state index in [-0.39, 0.29) is 5.69 Å². The molecule has 0 aliphatic rings. The van der Waals surface area contributed by atoms with E-state index in [0.29, 0.717) is 4.47 Å². The maximum atomic E-state index is 13.7. The molecule has 0 saturated heterocycles. The molecule has 6 nitrogen and oxygen atoms in total. The number of halogens is 2. The van der Waals surface area contributed by atoms with Gasteiger partial charge in [-0.1, -0.05) is 6.07 Å². The van der Waals surface area contributed by atoms with Gasteiger partial charge >= 0.3 is 0 Å². The Hall–Kier alpha value is -2.22. The van der Waals surface area contributed by atoms with E-state index in [1.54, 1.807) is 13.2 Å². The molecule has 2 rings (SSSR count). The molecule has 0 radical (unpaired) electrons. The van der Waals surface area contributed by atoms with E-state index in [4.69, 9.17) is 0 Å². The highest BCUT2D eigenvalue weighted by molar-refractivity contribution is 9.10. The topological polar surface area (TPSA) is 77.2 Å². The highest BCUT2D eigenvalue weighted by Crippen LogP contribution is 2.27. The molecule has 0 atom stereocenters. The molecule has 0 spiro atoms. The molecular weight excluding hydrogens is 333 g/mol. The smallest absolute Gasteiger partial charge is 0.295 e. The number of nitrogens with one attached hydrogen (secondary N) is 1. The fourth-order valence-corrected chi connectivity index (χ4v) is 2.24. The average molecular weight is 342 g/mol. The Morgan fingerprint density at radius 1 is 1.50 bits per heavy atom. The van der Waals surface area contributed by atoms with Crippen LogP contribution in [0.15, 0.2) is 34.9 Å². The maximum Gasteiger partial charge on any atom is 0.295 e. The van der Waals surface area contributed by atoms with Crippen molar-refractivity contribution in [3.05, 3.63) is 56.6 Å². The molecule has 0 saturated carbocycles. The average Bonchev–Trinajstić information content (AvgIpc) is 2.70. The van der Waals surface area contributed by atoms with Gasteiger partial charge < -0.3 is 9.88 Å². The van der Waals surface area contributed by atoms with Gasteiger partial charge in [0.1, 0.15) is 5.69 Å². The van der Waals surface area contributed by atoms with Gasteiger partial charge in [0.2, 0.25) is 0 Å². The molecule has 0 fully saturated rings. The fourth-order valence-electron chi connectivity index (χ4n) is 1.72. The normalized spacial score (nSPS) is 10.3. The van der Waals surface area contributed by atoms with Crippen LogP contribution in [0.4, 0.5) is 15.8 Å². The summed E-state index contributed by atoms with van der Waals surface area (Å²) in [5.41, 5.74) is -0.694. The number of nitrogens with zero attached hydrogens (tertiary/aromatic N) is 2. The number of nitro groups is 1. The SMILES string of the molecule is Cn1cc(Br)cc1C(=O)Nc1c(F)cccc1[N+](=O)[O-]. The monoisotopic (exact) mass is 341 g/mol. The molecule has 20 heavy (non-hydrogen) atoms. The summed E-state index contributed by atoms with van der Waals surface area (Å²) in [5, 5.41) is 13.1. The molecule has 0 bridgehead atoms. The Kier molecular flexibility index (Phi) is 3.84. The van der Waals surface area contributed by atoms with Crippen molar-refractivity contribution in [1.29, 1.82) is 0 Å². The zero-order valence-corrected chi connectivity index (χ0v) is 11.8. The summed E-state index contributed by atoms with van der Waals surface area (Å²) in [6.45, 7) is 0. The van der Waals surface area contributed by atoms with Crippen LogP contribution in [0.25, 0.3) is 0 Å². The Morgan fingerprint density at radius 2 is 2.20 bits per heavy atom. The lowest BCUT2D eigenvalue weighted by molar-refractivity contribution is -0.384. The van der Waals surface area contributed by atoms with Gasteiger partial charge in [-0.15, -0.1) is 0 Å². The maximum absolute atomic E-state index is 13.7. The van der Waals surface area contributed by atoms with E-state index in [0.717, 1.165) is 12.1 Å². The van der Waals surface area contributed by atoms with E-state index in [2.05, 4.69) is 21.2 Å². The number of aryl methyl sites for hydroxylation is 1. The van der Waals surface area contributed by atoms with Crippen molar-refractivity contribution >= 4 is 33.2 Å². The lowest BCUT2D eigenvalue weighted by Crippen LogP contribution is -2.17. The van der Waals surface area contributed by atoms with Gasteiger partial charge in [0.25, 0.3) is 11.6 Å². The first kappa shape index (κ1) is 14.2. The summed E-state index contributed by atoms with van der Waals surface area (Å²) in [4.78, 5) is 22.1. The Bertz CT molecular complexity index is 699. The molecule has 1 aromatic carbocycles. The van der Waals surface area contributed by atoms with Crippen LogP contribution in [0.2, 0.25) is 0 Å². The number of amides is 1. The van der Waals surface area contributed by atoms with Crippen LogP contribution in [0.1, 0.15) is 10.5 Å². The first-order chi connectivity index (χ1) is 9.40. The van der Waals surface area contributed by atoms with Crippen LogP contribution in [0.3, 0.4) is 0 Å². The van der Waals surface area contributed by atoms with E-state index in [1.165, 1.54) is 16.7 Å². The standard InChI is InChI=1S/C12H9BrFN3O3/c1-16-6-7(13)5-10(16)12(18)15-11-8(14)3-2-4-9(11)17(19)20/h2-6H,1H3,(H,15,18). The third kappa shape index (κ3) is 2.69. The third-order valence-corrected chi connectivity index (χ3v) is 3.06. The number of hydrogen-bond acceptors (Lipinski definition) is 3. The number of carbonyl (C=O) groups excluding carboxylic acids is 1. The number of anilines is 1. The lowest BCUT2D eigenvalue weighted by atomic mass is 10.2. The molecule has 1 aromatic heterocycles. The largest absolute Gasteiger partial charge is 0.345 e. The summed E-state index contributed by atoms with van der Waals surface area (Å²) in [6.07, 6.45) is 1.64. The van der Waals surface area contributed by atoms with Crippen LogP contribution in [0.5, 0.6) is 0 Å². The summed E-state index contributed by atoms with van der Waals surface area (Å²) in [7, 11) is 1.63. The van der Waals surface area contributed by atoms with Gasteiger partial charge in [-0.2, -0.15) is 0 Å². The zero-order chi connectivity index (χ0) is 14.9. The number of para-hydroxylation sites is 1. The van der Waals surface area contributed by atoms with Crippen molar-refractivity contribution < 1.29 is 14.1 Å². The Morgan fingerprint density at radius 3 is 2.75 bits per heavy atom. The molecule has 1 N–H and O–H groups in total. The van der Waals surface area contributed by atoms with Crippen LogP contribution in [-0.4, -0.2) is 15.4 Å². The molecular formula is C12H9BrFN3O3. The summed E-state index contributed by atoms with van der Waals surface area (Å²) in [5.74, 6) is -1.49. The van der Waals surface area contributed by atoms with Gasteiger partial charge in [-0.05, 0) is 28.1 Å². The minimum Gasteiger partial charge on any atom is -0.345 e. The number of carbonyl (C=O) groups is 1. The Labute approximate surface area is 121 Å². The van der Waals surface area contributed by atoms with Gasteiger partial charge in [0.05, 0.1) is 4.92 Å². The van der Waals surface area contributed by atoms with Crippen LogP contribution in [0, 0.1) is 15.9 Å². The van der Waals surface area contributed by atoms with Crippen molar-refractivity contribution in [3.63, 3.8) is 0 Å². The van der Waals surface area contributed by atoms with Gasteiger partial charge in [0.15, 0.2) is 11.5 Å². The Balaban J connectivity index is 2.37. The molecule has 0 unspecified atom stereocenters. The first-order valence-electron chi connectivity index (χ1n) is 5.46. The van der Waals surface area contributed by atoms with Gasteiger partial charge in [-0.25, -0.2) is 4.39 Å². The fraction of sp³-hybridized carbons (Fsp3) is 0.0833. The first-order valence-corrected chi connectivity index (χ1v) is 6.25. The second kappa shape index (κ2) is 5.41. The van der Waals surface area contributed by atoms with Gasteiger partial charge in [0, 0.05) is 23.8 Å². The highest BCUT2D eigenvalue weighted by Gasteiger charge is 2.21. The molecule has 1 heterocycles. The van der Waals surface area contributed by atoms with Crippen LogP contribution in [-0.2, 0) is 7.05 Å². The van der Waals surface area contributed by atoms with E-state index >= 15 is 0 Å². The summed E-state index contributed by atoms with van der Waals surface area (Å²) < 4.78 is 15.9. The van der Waals surface area contributed by atoms with Crippen molar-refractivity contribution in [2.75, 3.05) is 5.32 Å². The molecule has 2 aromatic rings. The minimum atomic E-state index is -0.860. The van der Waals surface area contributed by atoms with Gasteiger partial charge in [-0.3, -0.25) is 14.9 Å². The number of hydrogen-bond donors (Lipinski definition) is 1. The van der Waals surface area contributed by atoms with Crippen molar-refractivity contribution in [3.8, 4) is 0 Å². The van der Waals surface area contributed by atoms with Crippen LogP contribution >= 0.6 is 15.9 Å². The van der Waals surface area contributed by atoms with Crippen molar-refractivity contribution in [1.82, 2.24) is 4.57 Å². The second-order valence-electron chi connectivity index (χ2n) is 4.00.